The van der Waals surface area contributed by atoms with Crippen molar-refractivity contribution < 1.29 is 14.4 Å². The van der Waals surface area contributed by atoms with E-state index in [1.165, 1.54) is 0 Å². The third-order valence-electron chi connectivity index (χ3n) is 5.78. The Morgan fingerprint density at radius 1 is 0.853 bits per heavy atom. The lowest BCUT2D eigenvalue weighted by Crippen LogP contribution is -2.48. The van der Waals surface area contributed by atoms with E-state index in [0.717, 1.165) is 4.68 Å². The lowest BCUT2D eigenvalue weighted by atomic mass is 9.92. The molecule has 2 N–H and O–H groups in total. The van der Waals surface area contributed by atoms with E-state index in [-0.39, 0.29) is 11.1 Å². The summed E-state index contributed by atoms with van der Waals surface area (Å²) < 4.78 is 1.12. The van der Waals surface area contributed by atoms with E-state index in [1.54, 1.807) is 91.9 Å². The van der Waals surface area contributed by atoms with Crippen molar-refractivity contribution in [3.63, 3.8) is 0 Å². The molecule has 0 saturated carbocycles. The van der Waals surface area contributed by atoms with E-state index in [2.05, 4.69) is 15.8 Å². The van der Waals surface area contributed by atoms with Gasteiger partial charge in [0, 0.05) is 5.39 Å². The third-order valence-corrected chi connectivity index (χ3v) is 5.78. The zero-order valence-corrected chi connectivity index (χ0v) is 18.1. The van der Waals surface area contributed by atoms with Crippen molar-refractivity contribution in [2.75, 3.05) is 0 Å². The van der Waals surface area contributed by atoms with Gasteiger partial charge in [0.1, 0.15) is 5.54 Å². The number of benzene rings is 3. The van der Waals surface area contributed by atoms with Gasteiger partial charge in [-0.3, -0.25) is 19.8 Å². The molecule has 3 aromatic carbocycles. The maximum absolute atomic E-state index is 13.3. The zero-order chi connectivity index (χ0) is 23.9. The number of carbonyl (C=O) groups excluding carboxylic acids is 3. The summed E-state index contributed by atoms with van der Waals surface area (Å²) in [6.45, 7) is 1.57. The number of nitrogens with zero attached hydrogens (tertiary/aromatic N) is 3. The Labute approximate surface area is 193 Å². The summed E-state index contributed by atoms with van der Waals surface area (Å²) in [6.07, 6.45) is 0. The first kappa shape index (κ1) is 21.1. The number of urea groups is 1. The Morgan fingerprint density at radius 2 is 1.44 bits per heavy atom. The summed E-state index contributed by atoms with van der Waals surface area (Å²) in [5.74, 6) is -1.44. The van der Waals surface area contributed by atoms with Crippen molar-refractivity contribution in [2.24, 2.45) is 0 Å². The van der Waals surface area contributed by atoms with Gasteiger partial charge < -0.3 is 5.32 Å². The lowest BCUT2D eigenvalue weighted by molar-refractivity contribution is -0.132. The molecule has 9 nitrogen and oxygen atoms in total. The molecule has 0 bridgehead atoms. The fourth-order valence-electron chi connectivity index (χ4n) is 3.96. The number of imide groups is 1. The molecule has 1 atom stereocenters. The summed E-state index contributed by atoms with van der Waals surface area (Å²) >= 11 is 0. The van der Waals surface area contributed by atoms with Crippen molar-refractivity contribution >= 4 is 28.6 Å². The van der Waals surface area contributed by atoms with Crippen molar-refractivity contribution in [3.05, 3.63) is 107 Å². The first-order valence-corrected chi connectivity index (χ1v) is 10.5. The molecular formula is C25H19N5O4. The molecule has 1 aromatic heterocycles. The highest BCUT2D eigenvalue weighted by Gasteiger charge is 2.50. The predicted molar refractivity (Wildman–Crippen MR) is 124 cm³/mol. The van der Waals surface area contributed by atoms with Gasteiger partial charge in [-0.2, -0.15) is 14.8 Å². The summed E-state index contributed by atoms with van der Waals surface area (Å²) in [4.78, 5) is 52.1. The number of rotatable bonds is 4. The summed E-state index contributed by atoms with van der Waals surface area (Å²) in [6, 6.07) is 23.2. The maximum Gasteiger partial charge on any atom is 0.344 e. The van der Waals surface area contributed by atoms with E-state index in [0.29, 0.717) is 21.6 Å². The molecule has 2 heterocycles. The quantitative estimate of drug-likeness (QED) is 0.461. The molecule has 1 unspecified atom stereocenters. The van der Waals surface area contributed by atoms with Crippen LogP contribution in [0.5, 0.6) is 0 Å². The van der Waals surface area contributed by atoms with Gasteiger partial charge in [-0.15, -0.1) is 0 Å². The zero-order valence-electron chi connectivity index (χ0n) is 18.1. The van der Waals surface area contributed by atoms with Crippen LogP contribution in [0.1, 0.15) is 23.0 Å². The van der Waals surface area contributed by atoms with Gasteiger partial charge in [0.2, 0.25) is 0 Å². The largest absolute Gasteiger partial charge is 0.344 e. The molecule has 0 radical (unpaired) electrons. The molecule has 5 rings (SSSR count). The molecule has 4 aromatic rings. The van der Waals surface area contributed by atoms with Crippen molar-refractivity contribution in [1.29, 1.82) is 0 Å². The van der Waals surface area contributed by atoms with Crippen LogP contribution in [0, 0.1) is 0 Å². The van der Waals surface area contributed by atoms with E-state index in [1.807, 2.05) is 0 Å². The normalized spacial score (nSPS) is 17.6. The van der Waals surface area contributed by atoms with Gasteiger partial charge >= 0.3 is 6.03 Å². The van der Waals surface area contributed by atoms with Gasteiger partial charge in [0.25, 0.3) is 17.4 Å². The molecule has 1 aliphatic heterocycles. The van der Waals surface area contributed by atoms with Crippen LogP contribution in [0.25, 0.3) is 16.5 Å². The number of hydrogen-bond donors (Lipinski definition) is 2. The predicted octanol–water partition coefficient (Wildman–Crippen LogP) is 2.50. The Balaban J connectivity index is 1.55. The molecule has 0 spiro atoms. The van der Waals surface area contributed by atoms with Gasteiger partial charge in [-0.1, -0.05) is 66.7 Å². The summed E-state index contributed by atoms with van der Waals surface area (Å²) in [5, 5.41) is 8.13. The second kappa shape index (κ2) is 7.96. The minimum atomic E-state index is -1.34. The maximum atomic E-state index is 13.3. The van der Waals surface area contributed by atoms with E-state index < -0.39 is 28.9 Å². The Bertz CT molecular complexity index is 1500. The Morgan fingerprint density at radius 3 is 2.12 bits per heavy atom. The first-order valence-electron chi connectivity index (χ1n) is 10.5. The fourth-order valence-corrected chi connectivity index (χ4v) is 3.96. The van der Waals surface area contributed by atoms with E-state index in [9.17, 15) is 19.2 Å². The second-order valence-electron chi connectivity index (χ2n) is 7.95. The molecule has 168 valence electrons. The number of hydrazine groups is 1. The minimum absolute atomic E-state index is 0.104. The number of hydrogen-bond acceptors (Lipinski definition) is 5. The van der Waals surface area contributed by atoms with Crippen LogP contribution in [-0.2, 0) is 10.3 Å². The molecule has 0 aliphatic carbocycles. The van der Waals surface area contributed by atoms with Crippen molar-refractivity contribution in [1.82, 2.24) is 25.5 Å². The molecule has 9 heteroatoms. The van der Waals surface area contributed by atoms with E-state index >= 15 is 0 Å². The molecular weight excluding hydrogens is 434 g/mol. The molecule has 1 saturated heterocycles. The van der Waals surface area contributed by atoms with Crippen LogP contribution in [0.3, 0.4) is 0 Å². The fraction of sp³-hybridized carbons (Fsp3) is 0.0800. The average Bonchev–Trinajstić information content (AvgIpc) is 3.09. The summed E-state index contributed by atoms with van der Waals surface area (Å²) in [5.41, 5.74) is 1.57. The van der Waals surface area contributed by atoms with Gasteiger partial charge in [-0.05, 0) is 30.7 Å². The highest BCUT2D eigenvalue weighted by Crippen LogP contribution is 2.28. The number of amides is 4. The number of para-hydroxylation sites is 1. The Kier molecular flexibility index (Phi) is 4.94. The van der Waals surface area contributed by atoms with Crippen LogP contribution in [0.2, 0.25) is 0 Å². The van der Waals surface area contributed by atoms with Crippen molar-refractivity contribution in [3.8, 4) is 5.69 Å². The first-order chi connectivity index (χ1) is 16.4. The summed E-state index contributed by atoms with van der Waals surface area (Å²) in [7, 11) is 0. The van der Waals surface area contributed by atoms with Gasteiger partial charge in [-0.25, -0.2) is 4.79 Å². The van der Waals surface area contributed by atoms with E-state index in [4.69, 9.17) is 0 Å². The SMILES string of the molecule is CC1(c2ccccc2)NC(=O)N(NC(=O)c2nn(-c3ccccc3)c(=O)c3ccccc23)C1=O. The number of carbonyl (C=O) groups is 3. The van der Waals surface area contributed by atoms with Crippen molar-refractivity contribution in [2.45, 2.75) is 12.5 Å². The average molecular weight is 453 g/mol. The standard InChI is InChI=1S/C25H19N5O4/c1-25(16-10-4-2-5-11-16)23(33)30(24(34)26-25)28-21(31)20-18-14-8-9-15-19(18)22(32)29(27-20)17-12-6-3-7-13-17/h2-15H,1H3,(H,26,34)(H,28,31). The topological polar surface area (TPSA) is 113 Å². The smallest absolute Gasteiger partial charge is 0.318 e. The molecule has 1 aliphatic rings. The Hall–Kier alpha value is -4.79. The highest BCUT2D eigenvalue weighted by atomic mass is 16.2. The van der Waals surface area contributed by atoms with Gasteiger partial charge in [0.05, 0.1) is 11.1 Å². The van der Waals surface area contributed by atoms with Crippen LogP contribution in [0.4, 0.5) is 4.79 Å². The van der Waals surface area contributed by atoms with Crippen LogP contribution >= 0.6 is 0 Å². The lowest BCUT2D eigenvalue weighted by Gasteiger charge is -2.22. The minimum Gasteiger partial charge on any atom is -0.318 e. The third kappa shape index (κ3) is 3.30. The highest BCUT2D eigenvalue weighted by molar-refractivity contribution is 6.11. The van der Waals surface area contributed by atoms with Crippen LogP contribution in [0.15, 0.2) is 89.7 Å². The number of aromatic nitrogens is 2. The number of fused-ring (bicyclic) bond motifs is 1. The monoisotopic (exact) mass is 453 g/mol. The van der Waals surface area contributed by atoms with Gasteiger partial charge in [0.15, 0.2) is 5.69 Å². The molecule has 4 amide bonds. The molecule has 34 heavy (non-hydrogen) atoms. The second-order valence-corrected chi connectivity index (χ2v) is 7.95. The number of nitrogens with one attached hydrogen (secondary N) is 2. The molecule has 1 fully saturated rings. The van der Waals surface area contributed by atoms with Crippen LogP contribution < -0.4 is 16.3 Å². The van der Waals surface area contributed by atoms with Crippen LogP contribution in [-0.4, -0.2) is 32.6 Å².